The van der Waals surface area contributed by atoms with E-state index in [1.165, 1.54) is 0 Å². The summed E-state index contributed by atoms with van der Waals surface area (Å²) in [4.78, 5) is 14.0. The summed E-state index contributed by atoms with van der Waals surface area (Å²) < 4.78 is 5.63. The molecule has 0 unspecified atom stereocenters. The summed E-state index contributed by atoms with van der Waals surface area (Å²) >= 11 is 0. The first-order valence-corrected chi connectivity index (χ1v) is 8.12. The van der Waals surface area contributed by atoms with Gasteiger partial charge in [-0.2, -0.15) is 5.26 Å². The maximum atomic E-state index is 12.1. The predicted octanol–water partition coefficient (Wildman–Crippen LogP) is 2.20. The van der Waals surface area contributed by atoms with Crippen LogP contribution in [0.15, 0.2) is 30.3 Å². The van der Waals surface area contributed by atoms with Crippen LogP contribution in [-0.2, 0) is 4.79 Å². The van der Waals surface area contributed by atoms with Crippen LogP contribution < -0.4 is 10.1 Å². The van der Waals surface area contributed by atoms with Crippen LogP contribution in [0.3, 0.4) is 0 Å². The Morgan fingerprint density at radius 3 is 2.74 bits per heavy atom. The number of para-hydroxylation sites is 1. The predicted molar refractivity (Wildman–Crippen MR) is 88.9 cm³/mol. The minimum atomic E-state index is -0.714. The van der Waals surface area contributed by atoms with Gasteiger partial charge in [0.15, 0.2) is 0 Å². The Labute approximate surface area is 138 Å². The SMILES string of the molecule is CN(CCCOc1ccccc1)CC(=O)N[C@@](C)(C#N)C1CC1. The van der Waals surface area contributed by atoms with Crippen LogP contribution in [0.5, 0.6) is 5.75 Å². The molecule has 2 rings (SSSR count). The van der Waals surface area contributed by atoms with E-state index in [0.29, 0.717) is 19.1 Å². The summed E-state index contributed by atoms with van der Waals surface area (Å²) in [6.07, 6.45) is 2.89. The molecule has 5 nitrogen and oxygen atoms in total. The molecule has 1 N–H and O–H groups in total. The smallest absolute Gasteiger partial charge is 0.235 e. The van der Waals surface area contributed by atoms with Crippen molar-refractivity contribution in [3.05, 3.63) is 30.3 Å². The Bertz CT molecular complexity index is 551. The van der Waals surface area contributed by atoms with Gasteiger partial charge in [0.1, 0.15) is 11.3 Å². The molecular weight excluding hydrogens is 290 g/mol. The largest absolute Gasteiger partial charge is 0.494 e. The van der Waals surface area contributed by atoms with E-state index in [0.717, 1.165) is 31.6 Å². The lowest BCUT2D eigenvalue weighted by atomic mass is 9.98. The standard InChI is InChI=1S/C18H25N3O2/c1-18(14-19,15-9-10-15)20-17(22)13-21(2)11-6-12-23-16-7-4-3-5-8-16/h3-5,7-8,15H,6,9-13H2,1-2H3,(H,20,22)/t18-/m0/s1. The number of hydrogen-bond donors (Lipinski definition) is 1. The summed E-state index contributed by atoms with van der Waals surface area (Å²) in [7, 11) is 1.91. The van der Waals surface area contributed by atoms with Crippen LogP contribution in [0.2, 0.25) is 0 Å². The Morgan fingerprint density at radius 1 is 1.43 bits per heavy atom. The number of rotatable bonds is 9. The van der Waals surface area contributed by atoms with Gasteiger partial charge in [-0.05, 0) is 51.3 Å². The topological polar surface area (TPSA) is 65.4 Å². The molecule has 0 radical (unpaired) electrons. The van der Waals surface area contributed by atoms with E-state index in [2.05, 4.69) is 11.4 Å². The average molecular weight is 315 g/mol. The highest BCUT2D eigenvalue weighted by Gasteiger charge is 2.42. The summed E-state index contributed by atoms with van der Waals surface area (Å²) in [5.74, 6) is 1.08. The molecule has 1 aromatic carbocycles. The van der Waals surface area contributed by atoms with E-state index in [1.807, 2.05) is 49.2 Å². The van der Waals surface area contributed by atoms with E-state index in [1.54, 1.807) is 0 Å². The Balaban J connectivity index is 1.63. The Morgan fingerprint density at radius 2 is 2.13 bits per heavy atom. The molecule has 1 saturated carbocycles. The van der Waals surface area contributed by atoms with Crippen molar-refractivity contribution in [3.63, 3.8) is 0 Å². The molecule has 1 atom stereocenters. The Kier molecular flexibility index (Phi) is 6.00. The van der Waals surface area contributed by atoms with Gasteiger partial charge in [-0.1, -0.05) is 18.2 Å². The number of hydrogen-bond acceptors (Lipinski definition) is 4. The molecule has 0 bridgehead atoms. The third-order valence-corrected chi connectivity index (χ3v) is 4.13. The van der Waals surface area contributed by atoms with E-state index in [4.69, 9.17) is 4.74 Å². The van der Waals surface area contributed by atoms with Crippen molar-refractivity contribution >= 4 is 5.91 Å². The first-order chi connectivity index (χ1) is 11.0. The minimum absolute atomic E-state index is 0.0903. The van der Waals surface area contributed by atoms with Crippen LogP contribution in [0.4, 0.5) is 0 Å². The van der Waals surface area contributed by atoms with Gasteiger partial charge in [-0.25, -0.2) is 0 Å². The zero-order chi connectivity index (χ0) is 16.7. The van der Waals surface area contributed by atoms with Crippen molar-refractivity contribution in [2.24, 2.45) is 5.92 Å². The molecule has 0 heterocycles. The molecule has 5 heteroatoms. The lowest BCUT2D eigenvalue weighted by Crippen LogP contribution is -2.49. The minimum Gasteiger partial charge on any atom is -0.494 e. The fraction of sp³-hybridized carbons (Fsp3) is 0.556. The lowest BCUT2D eigenvalue weighted by molar-refractivity contribution is -0.123. The van der Waals surface area contributed by atoms with Gasteiger partial charge in [0.2, 0.25) is 5.91 Å². The van der Waals surface area contributed by atoms with E-state index in [-0.39, 0.29) is 5.91 Å². The fourth-order valence-corrected chi connectivity index (χ4v) is 2.58. The molecule has 0 spiro atoms. The number of nitrogens with zero attached hydrogens (tertiary/aromatic N) is 2. The molecule has 1 aliphatic rings. The number of likely N-dealkylation sites (N-methyl/N-ethyl adjacent to an activating group) is 1. The zero-order valence-corrected chi connectivity index (χ0v) is 13.9. The molecule has 1 amide bonds. The lowest BCUT2D eigenvalue weighted by Gasteiger charge is -2.24. The van der Waals surface area contributed by atoms with Crippen LogP contribution in [0, 0.1) is 17.2 Å². The third kappa shape index (κ3) is 5.57. The van der Waals surface area contributed by atoms with E-state index >= 15 is 0 Å². The average Bonchev–Trinajstić information content (AvgIpc) is 3.37. The van der Waals surface area contributed by atoms with E-state index < -0.39 is 5.54 Å². The number of carbonyl (C=O) groups excluding carboxylic acids is 1. The molecule has 0 saturated heterocycles. The van der Waals surface area contributed by atoms with Crippen molar-refractivity contribution < 1.29 is 9.53 Å². The van der Waals surface area contributed by atoms with Crippen LogP contribution in [0.1, 0.15) is 26.2 Å². The molecular formula is C18H25N3O2. The molecule has 124 valence electrons. The molecule has 23 heavy (non-hydrogen) atoms. The van der Waals surface area contributed by atoms with Crippen molar-refractivity contribution in [2.45, 2.75) is 31.7 Å². The molecule has 0 aromatic heterocycles. The van der Waals surface area contributed by atoms with Gasteiger partial charge in [-0.15, -0.1) is 0 Å². The highest BCUT2D eigenvalue weighted by atomic mass is 16.5. The summed E-state index contributed by atoms with van der Waals surface area (Å²) in [5.41, 5.74) is -0.714. The third-order valence-electron chi connectivity index (χ3n) is 4.13. The van der Waals surface area contributed by atoms with Crippen LogP contribution in [-0.4, -0.2) is 43.1 Å². The molecule has 1 fully saturated rings. The van der Waals surface area contributed by atoms with Crippen LogP contribution in [0.25, 0.3) is 0 Å². The number of ether oxygens (including phenoxy) is 1. The van der Waals surface area contributed by atoms with Crippen molar-refractivity contribution in [3.8, 4) is 11.8 Å². The summed E-state index contributed by atoms with van der Waals surface area (Å²) in [6, 6.07) is 11.9. The quantitative estimate of drug-likeness (QED) is 0.710. The van der Waals surface area contributed by atoms with Gasteiger partial charge < -0.3 is 10.1 Å². The van der Waals surface area contributed by atoms with Gasteiger partial charge in [0.05, 0.1) is 19.2 Å². The summed E-state index contributed by atoms with van der Waals surface area (Å²) in [5, 5.41) is 12.1. The van der Waals surface area contributed by atoms with Gasteiger partial charge in [-0.3, -0.25) is 9.69 Å². The Hall–Kier alpha value is -2.06. The van der Waals surface area contributed by atoms with Crippen LogP contribution >= 0.6 is 0 Å². The number of carbonyl (C=O) groups is 1. The van der Waals surface area contributed by atoms with Crippen molar-refractivity contribution in [1.82, 2.24) is 10.2 Å². The fourth-order valence-electron chi connectivity index (χ4n) is 2.58. The highest BCUT2D eigenvalue weighted by Crippen LogP contribution is 2.39. The zero-order valence-electron chi connectivity index (χ0n) is 13.9. The second-order valence-corrected chi connectivity index (χ2v) is 6.39. The summed E-state index contributed by atoms with van der Waals surface area (Å²) in [6.45, 7) is 3.51. The maximum absolute atomic E-state index is 12.1. The van der Waals surface area contributed by atoms with E-state index in [9.17, 15) is 10.1 Å². The van der Waals surface area contributed by atoms with Gasteiger partial charge in [0.25, 0.3) is 0 Å². The maximum Gasteiger partial charge on any atom is 0.235 e. The molecule has 0 aliphatic heterocycles. The molecule has 1 aliphatic carbocycles. The van der Waals surface area contributed by atoms with Gasteiger partial charge in [0, 0.05) is 6.54 Å². The normalized spacial score (nSPS) is 16.4. The second kappa shape index (κ2) is 7.98. The first kappa shape index (κ1) is 17.3. The monoisotopic (exact) mass is 315 g/mol. The molecule has 1 aromatic rings. The second-order valence-electron chi connectivity index (χ2n) is 6.39. The number of nitrogens with one attached hydrogen (secondary N) is 1. The first-order valence-electron chi connectivity index (χ1n) is 8.12. The van der Waals surface area contributed by atoms with Gasteiger partial charge >= 0.3 is 0 Å². The van der Waals surface area contributed by atoms with Crippen molar-refractivity contribution in [1.29, 1.82) is 5.26 Å². The number of nitriles is 1. The number of benzene rings is 1. The highest BCUT2D eigenvalue weighted by molar-refractivity contribution is 5.79. The van der Waals surface area contributed by atoms with Crippen molar-refractivity contribution in [2.75, 3.05) is 26.7 Å². The number of amides is 1.